The van der Waals surface area contributed by atoms with E-state index in [1.54, 1.807) is 6.20 Å². The fraction of sp³-hybridized carbons (Fsp3) is 0.300. The van der Waals surface area contributed by atoms with Crippen molar-refractivity contribution in [1.82, 2.24) is 10.3 Å². The van der Waals surface area contributed by atoms with E-state index in [1.807, 2.05) is 24.4 Å². The predicted octanol–water partition coefficient (Wildman–Crippen LogP) is 1.07. The Bertz CT molecular complexity index is 378. The van der Waals surface area contributed by atoms with Crippen LogP contribution in [-0.4, -0.2) is 22.7 Å². The minimum atomic E-state index is -0.816. The number of imide groups is 1. The number of hydrogen-bond donors (Lipinski definition) is 2. The van der Waals surface area contributed by atoms with E-state index in [2.05, 4.69) is 4.98 Å². The van der Waals surface area contributed by atoms with Crippen molar-refractivity contribution in [3.63, 3.8) is 0 Å². The maximum Gasteiger partial charge on any atom is 0.318 e. The maximum atomic E-state index is 11.1. The Hall–Kier alpha value is -1.56. The Morgan fingerprint density at radius 3 is 2.81 bits per heavy atom. The van der Waals surface area contributed by atoms with Crippen LogP contribution in [0.4, 0.5) is 4.79 Å². The predicted molar refractivity (Wildman–Crippen MR) is 62.0 cm³/mol. The van der Waals surface area contributed by atoms with Crippen LogP contribution in [0.25, 0.3) is 0 Å². The smallest absolute Gasteiger partial charge is 0.318 e. The van der Waals surface area contributed by atoms with E-state index in [0.717, 1.165) is 10.6 Å². The summed E-state index contributed by atoms with van der Waals surface area (Å²) in [6.07, 6.45) is 2.01. The lowest BCUT2D eigenvalue weighted by Crippen LogP contribution is -2.35. The summed E-state index contributed by atoms with van der Waals surface area (Å²) >= 11 is 1.46. The van der Waals surface area contributed by atoms with Crippen LogP contribution >= 0.6 is 11.8 Å². The number of urea groups is 1. The molecular weight excluding hydrogens is 226 g/mol. The summed E-state index contributed by atoms with van der Waals surface area (Å²) in [5.41, 5.74) is 5.90. The highest BCUT2D eigenvalue weighted by atomic mass is 32.2. The summed E-state index contributed by atoms with van der Waals surface area (Å²) in [6, 6.07) is 3.04. The fourth-order valence-corrected chi connectivity index (χ4v) is 1.78. The molecule has 0 aliphatic heterocycles. The summed E-state index contributed by atoms with van der Waals surface area (Å²) in [7, 11) is 0. The molecule has 0 aliphatic rings. The first-order valence-electron chi connectivity index (χ1n) is 4.72. The van der Waals surface area contributed by atoms with Gasteiger partial charge in [0.05, 0.1) is 5.03 Å². The molecule has 0 spiro atoms. The molecule has 1 aromatic heterocycles. The van der Waals surface area contributed by atoms with Gasteiger partial charge in [-0.1, -0.05) is 6.07 Å². The number of nitrogens with zero attached hydrogens (tertiary/aromatic N) is 1. The van der Waals surface area contributed by atoms with Gasteiger partial charge >= 0.3 is 6.03 Å². The van der Waals surface area contributed by atoms with Gasteiger partial charge in [-0.15, -0.1) is 11.8 Å². The Labute approximate surface area is 97.8 Å². The van der Waals surface area contributed by atoms with Crippen LogP contribution in [-0.2, 0) is 4.79 Å². The van der Waals surface area contributed by atoms with Gasteiger partial charge in [0.1, 0.15) is 0 Å². The quantitative estimate of drug-likeness (QED) is 0.769. The zero-order valence-corrected chi connectivity index (χ0v) is 9.71. The number of thioether (sulfide) groups is 1. The van der Waals surface area contributed by atoms with Gasteiger partial charge in [-0.3, -0.25) is 10.1 Å². The van der Waals surface area contributed by atoms with Gasteiger partial charge in [0.2, 0.25) is 5.91 Å². The third kappa shape index (κ3) is 4.79. The number of nitrogens with two attached hydrogens (primary N) is 1. The average molecular weight is 239 g/mol. The molecule has 0 radical (unpaired) electrons. The van der Waals surface area contributed by atoms with E-state index >= 15 is 0 Å². The molecule has 0 saturated heterocycles. The fourth-order valence-electron chi connectivity index (χ4n) is 0.988. The summed E-state index contributed by atoms with van der Waals surface area (Å²) in [5, 5.41) is 2.86. The normalized spacial score (nSPS) is 9.81. The summed E-state index contributed by atoms with van der Waals surface area (Å²) in [4.78, 5) is 25.6. The number of nitrogens with one attached hydrogen (secondary N) is 1. The van der Waals surface area contributed by atoms with Crippen LogP contribution in [0.2, 0.25) is 0 Å². The van der Waals surface area contributed by atoms with E-state index in [-0.39, 0.29) is 12.3 Å². The zero-order valence-electron chi connectivity index (χ0n) is 8.90. The summed E-state index contributed by atoms with van der Waals surface area (Å²) in [5.74, 6) is 0.196. The second kappa shape index (κ2) is 6.12. The molecule has 1 rings (SSSR count). The van der Waals surface area contributed by atoms with Crippen molar-refractivity contribution in [2.75, 3.05) is 5.75 Å². The molecule has 0 saturated carbocycles. The lowest BCUT2D eigenvalue weighted by molar-refractivity contribution is -0.119. The van der Waals surface area contributed by atoms with Crippen LogP contribution in [0.3, 0.4) is 0 Å². The number of amides is 3. The highest BCUT2D eigenvalue weighted by Crippen LogP contribution is 2.15. The van der Waals surface area contributed by atoms with Crippen molar-refractivity contribution < 1.29 is 9.59 Å². The number of primary amides is 1. The second-order valence-corrected chi connectivity index (χ2v) is 4.30. The number of carbonyl (C=O) groups excluding carboxylic acids is 2. The first-order chi connectivity index (χ1) is 7.58. The Kier molecular flexibility index (Phi) is 4.78. The molecule has 0 aromatic carbocycles. The van der Waals surface area contributed by atoms with Crippen LogP contribution in [0.1, 0.15) is 12.0 Å². The van der Waals surface area contributed by atoms with Crippen molar-refractivity contribution in [2.45, 2.75) is 18.4 Å². The lowest BCUT2D eigenvalue weighted by atomic mass is 10.3. The van der Waals surface area contributed by atoms with Gasteiger partial charge in [-0.2, -0.15) is 0 Å². The maximum absolute atomic E-state index is 11.1. The molecule has 3 N–H and O–H groups in total. The molecule has 6 heteroatoms. The van der Waals surface area contributed by atoms with E-state index in [9.17, 15) is 9.59 Å². The van der Waals surface area contributed by atoms with Gasteiger partial charge in [-0.05, 0) is 18.6 Å². The molecule has 3 amide bonds. The summed E-state index contributed by atoms with van der Waals surface area (Å²) in [6.45, 7) is 1.96. The molecule has 16 heavy (non-hydrogen) atoms. The molecule has 0 atom stereocenters. The highest BCUT2D eigenvalue weighted by molar-refractivity contribution is 7.99. The number of hydrogen-bond acceptors (Lipinski definition) is 4. The Morgan fingerprint density at radius 1 is 1.50 bits per heavy atom. The van der Waals surface area contributed by atoms with Crippen molar-refractivity contribution in [3.8, 4) is 0 Å². The second-order valence-electron chi connectivity index (χ2n) is 3.18. The summed E-state index contributed by atoms with van der Waals surface area (Å²) < 4.78 is 0. The molecule has 0 unspecified atom stereocenters. The van der Waals surface area contributed by atoms with Gasteiger partial charge in [0.15, 0.2) is 0 Å². The number of carbonyl (C=O) groups is 2. The molecule has 0 aliphatic carbocycles. The van der Waals surface area contributed by atoms with E-state index in [4.69, 9.17) is 5.73 Å². The molecule has 1 aromatic rings. The monoisotopic (exact) mass is 239 g/mol. The van der Waals surface area contributed by atoms with Crippen molar-refractivity contribution in [2.24, 2.45) is 5.73 Å². The van der Waals surface area contributed by atoms with Gasteiger partial charge in [0.25, 0.3) is 0 Å². The zero-order chi connectivity index (χ0) is 12.0. The Balaban J connectivity index is 2.28. The molecule has 5 nitrogen and oxygen atoms in total. The van der Waals surface area contributed by atoms with Crippen LogP contribution in [0.15, 0.2) is 23.4 Å². The lowest BCUT2D eigenvalue weighted by Gasteiger charge is -2.01. The van der Waals surface area contributed by atoms with Crippen LogP contribution < -0.4 is 11.1 Å². The average Bonchev–Trinajstić information content (AvgIpc) is 2.20. The largest absolute Gasteiger partial charge is 0.351 e. The third-order valence-corrected chi connectivity index (χ3v) is 2.67. The van der Waals surface area contributed by atoms with Crippen LogP contribution in [0.5, 0.6) is 0 Å². The molecule has 86 valence electrons. The molecule has 0 bridgehead atoms. The number of aromatic nitrogens is 1. The molecule has 0 fully saturated rings. The van der Waals surface area contributed by atoms with Crippen molar-refractivity contribution in [3.05, 3.63) is 23.9 Å². The van der Waals surface area contributed by atoms with Gasteiger partial charge in [0, 0.05) is 18.4 Å². The minimum Gasteiger partial charge on any atom is -0.351 e. The van der Waals surface area contributed by atoms with Crippen LogP contribution in [0, 0.1) is 6.92 Å². The van der Waals surface area contributed by atoms with E-state index in [1.165, 1.54) is 11.8 Å². The molecule has 1 heterocycles. The van der Waals surface area contributed by atoms with Crippen molar-refractivity contribution in [1.29, 1.82) is 0 Å². The highest BCUT2D eigenvalue weighted by Gasteiger charge is 2.04. The van der Waals surface area contributed by atoms with Gasteiger partial charge in [-0.25, -0.2) is 9.78 Å². The number of rotatable bonds is 4. The number of pyridine rings is 1. The number of aryl methyl sites for hydroxylation is 1. The van der Waals surface area contributed by atoms with E-state index in [0.29, 0.717) is 5.75 Å². The third-order valence-electron chi connectivity index (χ3n) is 1.73. The van der Waals surface area contributed by atoms with Gasteiger partial charge < -0.3 is 5.73 Å². The molecular formula is C10H13N3O2S. The Morgan fingerprint density at radius 2 is 2.25 bits per heavy atom. The standard InChI is InChI=1S/C10H13N3O2S/c1-7-2-3-9(12-6-7)16-5-4-8(14)13-10(11)15/h2-3,6H,4-5H2,1H3,(H3,11,13,14,15). The minimum absolute atomic E-state index is 0.239. The topological polar surface area (TPSA) is 85.1 Å². The first kappa shape index (κ1) is 12.5. The van der Waals surface area contributed by atoms with Crippen molar-refractivity contribution >= 4 is 23.7 Å². The van der Waals surface area contributed by atoms with E-state index < -0.39 is 6.03 Å². The first-order valence-corrected chi connectivity index (χ1v) is 5.71. The SMILES string of the molecule is Cc1ccc(SCCC(=O)NC(N)=O)nc1.